The number of benzene rings is 1. The zero-order valence-corrected chi connectivity index (χ0v) is 11.7. The van der Waals surface area contributed by atoms with Gasteiger partial charge in [-0.05, 0) is 12.1 Å². The molecule has 0 saturated carbocycles. The second-order valence-electron chi connectivity index (χ2n) is 3.48. The van der Waals surface area contributed by atoms with Gasteiger partial charge < -0.3 is 14.8 Å². The molecule has 0 fully saturated rings. The van der Waals surface area contributed by atoms with Crippen LogP contribution in [0.4, 0.5) is 13.2 Å². The maximum Gasteiger partial charge on any atom is 0.405 e. The van der Waals surface area contributed by atoms with E-state index in [9.17, 15) is 18.0 Å². The highest BCUT2D eigenvalue weighted by molar-refractivity contribution is 9.10. The van der Waals surface area contributed by atoms with Gasteiger partial charge in [-0.1, -0.05) is 15.9 Å². The van der Waals surface area contributed by atoms with E-state index in [1.807, 2.05) is 0 Å². The molecule has 1 amide bonds. The lowest BCUT2D eigenvalue weighted by Gasteiger charge is -2.14. The van der Waals surface area contributed by atoms with Crippen molar-refractivity contribution in [3.63, 3.8) is 0 Å². The Morgan fingerprint density at radius 2 is 1.74 bits per heavy atom. The van der Waals surface area contributed by atoms with Gasteiger partial charge in [0.25, 0.3) is 5.91 Å². The van der Waals surface area contributed by atoms with E-state index in [0.717, 1.165) is 0 Å². The highest BCUT2D eigenvalue weighted by Gasteiger charge is 2.29. The molecule has 1 aromatic rings. The first kappa shape index (κ1) is 15.6. The molecule has 0 spiro atoms. The largest absolute Gasteiger partial charge is 0.496 e. The van der Waals surface area contributed by atoms with E-state index in [1.54, 1.807) is 5.32 Å². The smallest absolute Gasteiger partial charge is 0.405 e. The number of halogens is 4. The fourth-order valence-corrected chi connectivity index (χ4v) is 1.79. The summed E-state index contributed by atoms with van der Waals surface area (Å²) in [4.78, 5) is 11.8. The lowest BCUT2D eigenvalue weighted by atomic mass is 10.1. The minimum Gasteiger partial charge on any atom is -0.496 e. The van der Waals surface area contributed by atoms with Gasteiger partial charge >= 0.3 is 6.18 Å². The molecule has 0 atom stereocenters. The first-order chi connectivity index (χ1) is 8.78. The van der Waals surface area contributed by atoms with Gasteiger partial charge in [0.05, 0.1) is 14.2 Å². The van der Waals surface area contributed by atoms with Gasteiger partial charge in [0.15, 0.2) is 0 Å². The molecule has 0 heterocycles. The molecule has 8 heteroatoms. The van der Waals surface area contributed by atoms with Gasteiger partial charge in [-0.25, -0.2) is 0 Å². The fraction of sp³-hybridized carbons (Fsp3) is 0.364. The van der Waals surface area contributed by atoms with Crippen molar-refractivity contribution in [1.29, 1.82) is 0 Å². The molecule has 1 rings (SSSR count). The van der Waals surface area contributed by atoms with Crippen LogP contribution in [0, 0.1) is 0 Å². The van der Waals surface area contributed by atoms with E-state index < -0.39 is 18.6 Å². The highest BCUT2D eigenvalue weighted by atomic mass is 79.9. The van der Waals surface area contributed by atoms with Crippen molar-refractivity contribution in [2.24, 2.45) is 0 Å². The van der Waals surface area contributed by atoms with Crippen LogP contribution in [-0.2, 0) is 0 Å². The number of carbonyl (C=O) groups is 1. The zero-order chi connectivity index (χ0) is 14.6. The number of methoxy groups -OCH3 is 2. The van der Waals surface area contributed by atoms with Gasteiger partial charge in [-0.2, -0.15) is 13.2 Å². The minimum atomic E-state index is -4.48. The van der Waals surface area contributed by atoms with Crippen molar-refractivity contribution in [3.05, 3.63) is 22.2 Å². The van der Waals surface area contributed by atoms with E-state index in [-0.39, 0.29) is 17.1 Å². The molecule has 0 aromatic heterocycles. The Morgan fingerprint density at radius 1 is 1.26 bits per heavy atom. The Bertz CT molecular complexity index is 452. The van der Waals surface area contributed by atoms with Crippen LogP contribution in [-0.4, -0.2) is 32.8 Å². The zero-order valence-electron chi connectivity index (χ0n) is 10.1. The molecular weight excluding hydrogens is 331 g/mol. The summed E-state index contributed by atoms with van der Waals surface area (Å²) in [5.41, 5.74) is -0.0857. The van der Waals surface area contributed by atoms with Crippen LogP contribution in [0.5, 0.6) is 11.5 Å². The van der Waals surface area contributed by atoms with Crippen LogP contribution in [0.15, 0.2) is 16.6 Å². The Morgan fingerprint density at radius 3 is 2.11 bits per heavy atom. The van der Waals surface area contributed by atoms with Crippen molar-refractivity contribution in [3.8, 4) is 11.5 Å². The summed E-state index contributed by atoms with van der Waals surface area (Å²) in [6.07, 6.45) is -4.48. The average Bonchev–Trinajstić information content (AvgIpc) is 2.33. The predicted octanol–water partition coefficient (Wildman–Crippen LogP) is 2.76. The number of hydrogen-bond donors (Lipinski definition) is 1. The molecule has 0 saturated heterocycles. The Labute approximate surface area is 116 Å². The van der Waals surface area contributed by atoms with Gasteiger partial charge in [-0.15, -0.1) is 0 Å². The maximum atomic E-state index is 12.1. The fourth-order valence-electron chi connectivity index (χ4n) is 1.37. The summed E-state index contributed by atoms with van der Waals surface area (Å²) in [6, 6.07) is 2.93. The quantitative estimate of drug-likeness (QED) is 0.915. The second kappa shape index (κ2) is 6.14. The molecule has 0 aliphatic heterocycles. The normalized spacial score (nSPS) is 11.1. The molecule has 0 radical (unpaired) electrons. The molecule has 0 unspecified atom stereocenters. The van der Waals surface area contributed by atoms with Crippen LogP contribution in [0.3, 0.4) is 0 Å². The standard InChI is InChI=1S/C11H11BrF3NO3/c1-18-7-3-6(12)4-8(19-2)9(7)10(17)16-5-11(13,14)15/h3-4H,5H2,1-2H3,(H,16,17). The molecular formula is C11H11BrF3NO3. The number of rotatable bonds is 4. The molecule has 19 heavy (non-hydrogen) atoms. The SMILES string of the molecule is COc1cc(Br)cc(OC)c1C(=O)NCC(F)(F)F. The van der Waals surface area contributed by atoms with Crippen molar-refractivity contribution in [2.75, 3.05) is 20.8 Å². The molecule has 0 aliphatic rings. The third-order valence-electron chi connectivity index (χ3n) is 2.15. The summed E-state index contributed by atoms with van der Waals surface area (Å²) in [5.74, 6) is -0.685. The molecule has 1 N–H and O–H groups in total. The lowest BCUT2D eigenvalue weighted by Crippen LogP contribution is -2.34. The van der Waals surface area contributed by atoms with E-state index in [1.165, 1.54) is 26.4 Å². The number of hydrogen-bond acceptors (Lipinski definition) is 3. The predicted molar refractivity (Wildman–Crippen MR) is 65.6 cm³/mol. The topological polar surface area (TPSA) is 47.6 Å². The van der Waals surface area contributed by atoms with Crippen molar-refractivity contribution in [2.45, 2.75) is 6.18 Å². The van der Waals surface area contributed by atoms with Crippen LogP contribution in [0.2, 0.25) is 0 Å². The van der Waals surface area contributed by atoms with Gasteiger partial charge in [0.1, 0.15) is 23.6 Å². The minimum absolute atomic E-state index is 0.0857. The Hall–Kier alpha value is -1.44. The number of amides is 1. The summed E-state index contributed by atoms with van der Waals surface area (Å²) in [5, 5.41) is 1.77. The van der Waals surface area contributed by atoms with E-state index in [2.05, 4.69) is 15.9 Å². The Kier molecular flexibility index (Phi) is 5.04. The molecule has 1 aromatic carbocycles. The first-order valence-corrected chi connectivity index (χ1v) is 5.84. The monoisotopic (exact) mass is 341 g/mol. The van der Waals surface area contributed by atoms with Crippen LogP contribution in [0.1, 0.15) is 10.4 Å². The molecule has 106 valence electrons. The van der Waals surface area contributed by atoms with Crippen LogP contribution < -0.4 is 14.8 Å². The van der Waals surface area contributed by atoms with Crippen LogP contribution in [0.25, 0.3) is 0 Å². The number of alkyl halides is 3. The van der Waals surface area contributed by atoms with E-state index >= 15 is 0 Å². The van der Waals surface area contributed by atoms with Gasteiger partial charge in [-0.3, -0.25) is 4.79 Å². The summed E-state index contributed by atoms with van der Waals surface area (Å²) < 4.78 is 46.7. The summed E-state index contributed by atoms with van der Waals surface area (Å²) in [6.45, 7) is -1.42. The first-order valence-electron chi connectivity index (χ1n) is 5.05. The lowest BCUT2D eigenvalue weighted by molar-refractivity contribution is -0.123. The van der Waals surface area contributed by atoms with Gasteiger partial charge in [0, 0.05) is 4.47 Å². The average molecular weight is 342 g/mol. The Balaban J connectivity index is 3.07. The van der Waals surface area contributed by atoms with Crippen LogP contribution >= 0.6 is 15.9 Å². The highest BCUT2D eigenvalue weighted by Crippen LogP contribution is 2.32. The third-order valence-corrected chi connectivity index (χ3v) is 2.60. The van der Waals surface area contributed by atoms with Crippen molar-refractivity contribution in [1.82, 2.24) is 5.32 Å². The summed E-state index contributed by atoms with van der Waals surface area (Å²) in [7, 11) is 2.61. The summed E-state index contributed by atoms with van der Waals surface area (Å²) >= 11 is 3.18. The molecule has 0 aliphatic carbocycles. The maximum absolute atomic E-state index is 12.1. The van der Waals surface area contributed by atoms with E-state index in [4.69, 9.17) is 9.47 Å². The van der Waals surface area contributed by atoms with Crippen molar-refractivity contribution < 1.29 is 27.4 Å². The third kappa shape index (κ3) is 4.30. The number of ether oxygens (including phenoxy) is 2. The van der Waals surface area contributed by atoms with Crippen molar-refractivity contribution >= 4 is 21.8 Å². The second-order valence-corrected chi connectivity index (χ2v) is 4.40. The number of nitrogens with one attached hydrogen (secondary N) is 1. The van der Waals surface area contributed by atoms with E-state index in [0.29, 0.717) is 4.47 Å². The molecule has 4 nitrogen and oxygen atoms in total. The molecule has 0 bridgehead atoms. The van der Waals surface area contributed by atoms with Gasteiger partial charge in [0.2, 0.25) is 0 Å². The number of carbonyl (C=O) groups excluding carboxylic acids is 1.